The van der Waals surface area contributed by atoms with Gasteiger partial charge in [0.25, 0.3) is 0 Å². The van der Waals surface area contributed by atoms with Gasteiger partial charge in [0.1, 0.15) is 11.6 Å². The number of nitrogens with one attached hydrogen (secondary N) is 2. The number of piperidine rings is 1. The van der Waals surface area contributed by atoms with Gasteiger partial charge < -0.3 is 10.6 Å². The number of nitrogens with zero attached hydrogens (tertiary/aromatic N) is 1. The smallest absolute Gasteiger partial charge is 0.238 e. The maximum atomic E-state index is 13.1. The number of carbonyl (C=O) groups excluding carboxylic acids is 1. The lowest BCUT2D eigenvalue weighted by Crippen LogP contribution is -2.41. The Labute approximate surface area is 142 Å². The second kappa shape index (κ2) is 9.80. The zero-order valence-electron chi connectivity index (χ0n) is 13.3. The molecule has 1 aliphatic rings. The van der Waals surface area contributed by atoms with Gasteiger partial charge in [0.05, 0.1) is 6.54 Å². The third-order valence-electron chi connectivity index (χ3n) is 3.90. The van der Waals surface area contributed by atoms with Crippen LogP contribution in [0, 0.1) is 17.6 Å². The number of likely N-dealkylation sites (tertiary alicyclic amines) is 1. The summed E-state index contributed by atoms with van der Waals surface area (Å²) in [5.41, 5.74) is 0.157. The van der Waals surface area contributed by atoms with Crippen LogP contribution >= 0.6 is 12.4 Å². The van der Waals surface area contributed by atoms with E-state index in [0.29, 0.717) is 5.92 Å². The van der Waals surface area contributed by atoms with Gasteiger partial charge in [-0.25, -0.2) is 8.78 Å². The SMILES string of the molecule is CCNCC1CCN(CC(=O)Nc2cc(F)cc(F)c2)CC1.Cl. The van der Waals surface area contributed by atoms with Crippen LogP contribution in [0.4, 0.5) is 14.5 Å². The van der Waals surface area contributed by atoms with Gasteiger partial charge in [0, 0.05) is 11.8 Å². The number of carbonyl (C=O) groups is 1. The molecular formula is C16H24ClF2N3O. The average Bonchev–Trinajstić information content (AvgIpc) is 2.45. The Kier molecular flexibility index (Phi) is 8.44. The monoisotopic (exact) mass is 347 g/mol. The summed E-state index contributed by atoms with van der Waals surface area (Å²) < 4.78 is 26.1. The lowest BCUT2D eigenvalue weighted by Gasteiger charge is -2.31. The zero-order chi connectivity index (χ0) is 15.9. The van der Waals surface area contributed by atoms with Gasteiger partial charge >= 0.3 is 0 Å². The van der Waals surface area contributed by atoms with Crippen LogP contribution in [0.5, 0.6) is 0 Å². The molecule has 2 rings (SSSR count). The Morgan fingerprint density at radius 3 is 2.39 bits per heavy atom. The van der Waals surface area contributed by atoms with E-state index < -0.39 is 11.6 Å². The maximum absolute atomic E-state index is 13.1. The Morgan fingerprint density at radius 2 is 1.83 bits per heavy atom. The summed E-state index contributed by atoms with van der Waals surface area (Å²) in [5.74, 6) is -0.967. The lowest BCUT2D eigenvalue weighted by molar-refractivity contribution is -0.117. The van der Waals surface area contributed by atoms with Crippen LogP contribution in [-0.4, -0.2) is 43.5 Å². The first-order valence-corrected chi connectivity index (χ1v) is 7.76. The molecule has 0 atom stereocenters. The molecule has 1 aromatic rings. The molecule has 130 valence electrons. The van der Waals surface area contributed by atoms with E-state index in [-0.39, 0.29) is 30.5 Å². The molecule has 2 N–H and O–H groups in total. The lowest BCUT2D eigenvalue weighted by atomic mass is 9.97. The van der Waals surface area contributed by atoms with Crippen molar-refractivity contribution in [1.29, 1.82) is 0 Å². The minimum absolute atomic E-state index is 0. The number of amides is 1. The summed E-state index contributed by atoms with van der Waals surface area (Å²) in [7, 11) is 0. The summed E-state index contributed by atoms with van der Waals surface area (Å²) in [6, 6.07) is 3.01. The largest absolute Gasteiger partial charge is 0.325 e. The van der Waals surface area contributed by atoms with Crippen molar-refractivity contribution in [2.75, 3.05) is 38.0 Å². The van der Waals surface area contributed by atoms with E-state index in [1.807, 2.05) is 0 Å². The fourth-order valence-electron chi connectivity index (χ4n) is 2.73. The Morgan fingerprint density at radius 1 is 1.22 bits per heavy atom. The fourth-order valence-corrected chi connectivity index (χ4v) is 2.73. The maximum Gasteiger partial charge on any atom is 0.238 e. The topological polar surface area (TPSA) is 44.4 Å². The number of benzene rings is 1. The highest BCUT2D eigenvalue weighted by atomic mass is 35.5. The van der Waals surface area contributed by atoms with Gasteiger partial charge in [0.15, 0.2) is 0 Å². The van der Waals surface area contributed by atoms with Crippen LogP contribution in [0.25, 0.3) is 0 Å². The molecule has 0 spiro atoms. The van der Waals surface area contributed by atoms with Crippen molar-refractivity contribution in [3.05, 3.63) is 29.8 Å². The molecular weight excluding hydrogens is 324 g/mol. The van der Waals surface area contributed by atoms with Gasteiger partial charge in [0.2, 0.25) is 5.91 Å². The molecule has 4 nitrogen and oxygen atoms in total. The third-order valence-corrected chi connectivity index (χ3v) is 3.90. The van der Waals surface area contributed by atoms with Gasteiger partial charge in [-0.2, -0.15) is 0 Å². The Hall–Kier alpha value is -1.24. The van der Waals surface area contributed by atoms with Crippen molar-refractivity contribution in [2.24, 2.45) is 5.92 Å². The average molecular weight is 348 g/mol. The van der Waals surface area contributed by atoms with E-state index in [9.17, 15) is 13.6 Å². The molecule has 0 aromatic heterocycles. The highest BCUT2D eigenvalue weighted by Gasteiger charge is 2.20. The normalized spacial score (nSPS) is 16.0. The van der Waals surface area contributed by atoms with Crippen molar-refractivity contribution >= 4 is 24.0 Å². The van der Waals surface area contributed by atoms with E-state index in [0.717, 1.165) is 57.2 Å². The first-order chi connectivity index (χ1) is 10.6. The van der Waals surface area contributed by atoms with E-state index in [2.05, 4.69) is 22.5 Å². The number of rotatable bonds is 6. The predicted octanol–water partition coefficient (Wildman–Crippen LogP) is 2.65. The van der Waals surface area contributed by atoms with E-state index in [4.69, 9.17) is 0 Å². The molecule has 1 aliphatic heterocycles. The number of hydrogen-bond donors (Lipinski definition) is 2. The minimum atomic E-state index is -0.695. The van der Waals surface area contributed by atoms with Crippen LogP contribution in [0.15, 0.2) is 18.2 Å². The molecule has 0 bridgehead atoms. The third kappa shape index (κ3) is 6.81. The van der Waals surface area contributed by atoms with Crippen molar-refractivity contribution in [3.63, 3.8) is 0 Å². The predicted molar refractivity (Wildman–Crippen MR) is 89.9 cm³/mol. The summed E-state index contributed by atoms with van der Waals surface area (Å²) in [4.78, 5) is 14.0. The number of anilines is 1. The van der Waals surface area contributed by atoms with E-state index >= 15 is 0 Å². The van der Waals surface area contributed by atoms with Crippen LogP contribution < -0.4 is 10.6 Å². The molecule has 23 heavy (non-hydrogen) atoms. The minimum Gasteiger partial charge on any atom is -0.325 e. The van der Waals surface area contributed by atoms with Gasteiger partial charge in [-0.3, -0.25) is 9.69 Å². The summed E-state index contributed by atoms with van der Waals surface area (Å²) in [6.07, 6.45) is 2.13. The van der Waals surface area contributed by atoms with Gasteiger partial charge in [-0.1, -0.05) is 6.92 Å². The molecule has 0 radical (unpaired) electrons. The molecule has 1 saturated heterocycles. The van der Waals surface area contributed by atoms with Gasteiger partial charge in [-0.05, 0) is 57.1 Å². The summed E-state index contributed by atoms with van der Waals surface area (Å²) in [6.45, 7) is 6.11. The molecule has 0 aliphatic carbocycles. The van der Waals surface area contributed by atoms with Crippen molar-refractivity contribution < 1.29 is 13.6 Å². The molecule has 1 heterocycles. The standard InChI is InChI=1S/C16H23F2N3O.ClH/c1-2-19-10-12-3-5-21(6-4-12)11-16(22)20-15-8-13(17)7-14(18)9-15;/h7-9,12,19H,2-6,10-11H2,1H3,(H,20,22);1H. The van der Waals surface area contributed by atoms with Crippen molar-refractivity contribution in [3.8, 4) is 0 Å². The fraction of sp³-hybridized carbons (Fsp3) is 0.562. The molecule has 0 saturated carbocycles. The first kappa shape index (κ1) is 19.8. The zero-order valence-corrected chi connectivity index (χ0v) is 14.1. The molecule has 1 fully saturated rings. The Bertz CT molecular complexity index is 488. The quantitative estimate of drug-likeness (QED) is 0.831. The number of hydrogen-bond acceptors (Lipinski definition) is 3. The molecule has 1 aromatic carbocycles. The Balaban J connectivity index is 0.00000264. The number of halogens is 3. The van der Waals surface area contributed by atoms with Crippen LogP contribution in [0.3, 0.4) is 0 Å². The second-order valence-corrected chi connectivity index (χ2v) is 5.73. The first-order valence-electron chi connectivity index (χ1n) is 7.76. The second-order valence-electron chi connectivity index (χ2n) is 5.73. The highest BCUT2D eigenvalue weighted by Crippen LogP contribution is 2.17. The van der Waals surface area contributed by atoms with Crippen molar-refractivity contribution in [1.82, 2.24) is 10.2 Å². The molecule has 1 amide bonds. The summed E-state index contributed by atoms with van der Waals surface area (Å²) in [5, 5.41) is 5.89. The van der Waals surface area contributed by atoms with Crippen LogP contribution in [0.1, 0.15) is 19.8 Å². The van der Waals surface area contributed by atoms with E-state index in [1.165, 1.54) is 0 Å². The summed E-state index contributed by atoms with van der Waals surface area (Å²) >= 11 is 0. The van der Waals surface area contributed by atoms with Crippen LogP contribution in [-0.2, 0) is 4.79 Å². The highest BCUT2D eigenvalue weighted by molar-refractivity contribution is 5.92. The van der Waals surface area contributed by atoms with E-state index in [1.54, 1.807) is 0 Å². The van der Waals surface area contributed by atoms with Crippen LogP contribution in [0.2, 0.25) is 0 Å². The molecule has 7 heteroatoms. The molecule has 0 unspecified atom stereocenters. The van der Waals surface area contributed by atoms with Gasteiger partial charge in [-0.15, -0.1) is 12.4 Å². The van der Waals surface area contributed by atoms with Crippen molar-refractivity contribution in [2.45, 2.75) is 19.8 Å².